The molecule has 134 valence electrons. The number of amides is 1. The van der Waals surface area contributed by atoms with Gasteiger partial charge in [-0.05, 0) is 43.3 Å². The summed E-state index contributed by atoms with van der Waals surface area (Å²) in [6, 6.07) is 9.84. The first-order valence-electron chi connectivity index (χ1n) is 7.66. The largest absolute Gasteiger partial charge is 0.324 e. The van der Waals surface area contributed by atoms with Crippen molar-refractivity contribution < 1.29 is 13.6 Å². The molecule has 0 aliphatic heterocycles. The Bertz CT molecular complexity index is 948. The molecule has 3 rings (SSSR count). The molecule has 1 amide bonds. The second-order valence-corrected chi connectivity index (χ2v) is 7.15. The highest BCUT2D eigenvalue weighted by molar-refractivity contribution is 8.00. The number of nitrogens with one attached hydrogen (secondary N) is 1. The number of anilines is 1. The van der Waals surface area contributed by atoms with Gasteiger partial charge in [-0.25, -0.2) is 13.8 Å². The number of thioether (sulfide) groups is 1. The minimum atomic E-state index is -0.508. The van der Waals surface area contributed by atoms with Gasteiger partial charge in [0.2, 0.25) is 5.91 Å². The highest BCUT2D eigenvalue weighted by Crippen LogP contribution is 2.27. The Labute approximate surface area is 158 Å². The van der Waals surface area contributed by atoms with Crippen LogP contribution in [0.5, 0.6) is 0 Å². The fourth-order valence-corrected chi connectivity index (χ4v) is 3.33. The summed E-state index contributed by atoms with van der Waals surface area (Å²) in [4.78, 5) is 16.6. The Morgan fingerprint density at radius 3 is 2.73 bits per heavy atom. The summed E-state index contributed by atoms with van der Waals surface area (Å²) in [6.07, 6.45) is 3.27. The maximum absolute atomic E-state index is 13.4. The van der Waals surface area contributed by atoms with Crippen molar-refractivity contribution >= 4 is 35.0 Å². The van der Waals surface area contributed by atoms with Gasteiger partial charge < -0.3 is 5.32 Å². The molecule has 0 bridgehead atoms. The molecule has 8 heteroatoms. The Morgan fingerprint density at radius 2 is 2.00 bits per heavy atom. The second kappa shape index (κ2) is 7.88. The Kier molecular flexibility index (Phi) is 5.58. The number of aromatic nitrogens is 2. The molecule has 0 saturated heterocycles. The summed E-state index contributed by atoms with van der Waals surface area (Å²) in [5.74, 6) is -1.14. The third-order valence-electron chi connectivity index (χ3n) is 3.53. The molecule has 0 saturated carbocycles. The molecule has 26 heavy (non-hydrogen) atoms. The molecule has 0 fully saturated rings. The molecule has 3 aromatic rings. The third-order valence-corrected chi connectivity index (χ3v) is 4.93. The lowest BCUT2D eigenvalue weighted by atomic mass is 10.3. The van der Waals surface area contributed by atoms with Crippen molar-refractivity contribution in [1.82, 2.24) is 9.55 Å². The fraction of sp³-hybridized carbons (Fsp3) is 0.111. The van der Waals surface area contributed by atoms with Gasteiger partial charge in [0.05, 0.1) is 21.6 Å². The number of benzene rings is 2. The molecule has 0 unspecified atom stereocenters. The van der Waals surface area contributed by atoms with Crippen LogP contribution in [0.15, 0.2) is 60.0 Å². The monoisotopic (exact) mass is 393 g/mol. The Hall–Kier alpha value is -2.38. The van der Waals surface area contributed by atoms with Crippen molar-refractivity contribution in [1.29, 1.82) is 0 Å². The van der Waals surface area contributed by atoms with Crippen molar-refractivity contribution in [2.24, 2.45) is 0 Å². The predicted molar refractivity (Wildman–Crippen MR) is 98.9 cm³/mol. The van der Waals surface area contributed by atoms with Crippen LogP contribution in [0.3, 0.4) is 0 Å². The molecule has 0 aliphatic rings. The summed E-state index contributed by atoms with van der Waals surface area (Å²) in [6.45, 7) is 1.71. The maximum atomic E-state index is 13.4. The van der Waals surface area contributed by atoms with Gasteiger partial charge in [-0.3, -0.25) is 9.36 Å². The molecule has 1 N–H and O–H groups in total. The van der Waals surface area contributed by atoms with Gasteiger partial charge in [0, 0.05) is 12.4 Å². The summed E-state index contributed by atoms with van der Waals surface area (Å²) < 4.78 is 28.2. The van der Waals surface area contributed by atoms with Crippen molar-refractivity contribution in [3.63, 3.8) is 0 Å². The number of carbonyl (C=O) groups excluding carboxylic acids is 1. The highest BCUT2D eigenvalue weighted by atomic mass is 35.5. The van der Waals surface area contributed by atoms with Gasteiger partial charge in [0.15, 0.2) is 5.16 Å². The summed E-state index contributed by atoms with van der Waals surface area (Å²) >= 11 is 7.14. The Balaban J connectivity index is 1.73. The van der Waals surface area contributed by atoms with Gasteiger partial charge in [-0.15, -0.1) is 0 Å². The van der Waals surface area contributed by atoms with E-state index < -0.39 is 11.1 Å². The van der Waals surface area contributed by atoms with Crippen LogP contribution in [0.25, 0.3) is 5.69 Å². The normalized spacial score (nSPS) is 12.0. The molecular formula is C18H14ClF2N3OS. The van der Waals surface area contributed by atoms with Crippen molar-refractivity contribution in [3.05, 3.63) is 71.5 Å². The second-order valence-electron chi connectivity index (χ2n) is 5.43. The average Bonchev–Trinajstić information content (AvgIpc) is 3.05. The van der Waals surface area contributed by atoms with E-state index >= 15 is 0 Å². The Morgan fingerprint density at radius 1 is 1.23 bits per heavy atom. The first-order valence-corrected chi connectivity index (χ1v) is 8.91. The number of imidazole rings is 1. The zero-order chi connectivity index (χ0) is 18.7. The topological polar surface area (TPSA) is 46.9 Å². The van der Waals surface area contributed by atoms with E-state index in [0.29, 0.717) is 16.5 Å². The molecule has 0 aliphatic carbocycles. The quantitative estimate of drug-likeness (QED) is 0.625. The number of hydrogen-bond acceptors (Lipinski definition) is 3. The van der Waals surface area contributed by atoms with E-state index in [0.717, 1.165) is 6.07 Å². The van der Waals surface area contributed by atoms with E-state index in [1.54, 1.807) is 36.0 Å². The van der Waals surface area contributed by atoms with Crippen LogP contribution in [0.1, 0.15) is 6.92 Å². The van der Waals surface area contributed by atoms with Crippen molar-refractivity contribution in [2.45, 2.75) is 17.3 Å². The smallest absolute Gasteiger partial charge is 0.237 e. The third kappa shape index (κ3) is 4.23. The minimum absolute atomic E-state index is 0.122. The van der Waals surface area contributed by atoms with E-state index in [1.165, 1.54) is 36.0 Å². The summed E-state index contributed by atoms with van der Waals surface area (Å²) in [7, 11) is 0. The number of halogens is 3. The number of carbonyl (C=O) groups is 1. The number of nitrogens with zero attached hydrogens (tertiary/aromatic N) is 2. The van der Waals surface area contributed by atoms with Crippen LogP contribution >= 0.6 is 23.4 Å². The van der Waals surface area contributed by atoms with Gasteiger partial charge in [0.25, 0.3) is 0 Å². The molecule has 0 radical (unpaired) electrons. The van der Waals surface area contributed by atoms with Gasteiger partial charge in [-0.2, -0.15) is 0 Å². The zero-order valence-electron chi connectivity index (χ0n) is 13.6. The van der Waals surface area contributed by atoms with Crippen LogP contribution in [0.4, 0.5) is 14.5 Å². The van der Waals surface area contributed by atoms with Crippen LogP contribution in [0, 0.1) is 11.6 Å². The molecule has 0 spiro atoms. The lowest BCUT2D eigenvalue weighted by molar-refractivity contribution is -0.115. The number of hydrogen-bond donors (Lipinski definition) is 1. The minimum Gasteiger partial charge on any atom is -0.324 e. The van der Waals surface area contributed by atoms with Gasteiger partial charge >= 0.3 is 0 Å². The highest BCUT2D eigenvalue weighted by Gasteiger charge is 2.19. The molecule has 1 aromatic heterocycles. The van der Waals surface area contributed by atoms with E-state index in [2.05, 4.69) is 10.3 Å². The van der Waals surface area contributed by atoms with Crippen LogP contribution in [-0.2, 0) is 4.79 Å². The maximum Gasteiger partial charge on any atom is 0.237 e. The first kappa shape index (κ1) is 18.4. The molecule has 1 heterocycles. The predicted octanol–water partition coefficient (Wildman–Crippen LogP) is 4.92. The fourth-order valence-electron chi connectivity index (χ4n) is 2.24. The summed E-state index contributed by atoms with van der Waals surface area (Å²) in [5, 5.41) is 2.82. The zero-order valence-corrected chi connectivity index (χ0v) is 15.2. The van der Waals surface area contributed by atoms with E-state index in [-0.39, 0.29) is 16.7 Å². The lowest BCUT2D eigenvalue weighted by Gasteiger charge is -2.14. The number of rotatable bonds is 5. The standard InChI is InChI=1S/C18H14ClF2N3OS/c1-11(17(25)23-16-6-5-13(21)10-15(16)19)26-18-22-7-8-24(18)14-4-2-3-12(20)9-14/h2-11H,1H3,(H,23,25)/t11-/m0/s1. The van der Waals surface area contributed by atoms with Crippen molar-refractivity contribution in [3.8, 4) is 5.69 Å². The SMILES string of the molecule is C[C@H](Sc1nccn1-c1cccc(F)c1)C(=O)Nc1ccc(F)cc1Cl. The first-order chi connectivity index (χ1) is 12.4. The van der Waals surface area contributed by atoms with Crippen LogP contribution < -0.4 is 5.32 Å². The van der Waals surface area contributed by atoms with E-state index in [9.17, 15) is 13.6 Å². The molecular weight excluding hydrogens is 380 g/mol. The van der Waals surface area contributed by atoms with Gasteiger partial charge in [0.1, 0.15) is 11.6 Å². The van der Waals surface area contributed by atoms with Crippen LogP contribution in [-0.4, -0.2) is 20.7 Å². The van der Waals surface area contributed by atoms with Crippen molar-refractivity contribution in [2.75, 3.05) is 5.32 Å². The molecule has 4 nitrogen and oxygen atoms in total. The van der Waals surface area contributed by atoms with E-state index in [4.69, 9.17) is 11.6 Å². The summed E-state index contributed by atoms with van der Waals surface area (Å²) in [5.41, 5.74) is 0.943. The average molecular weight is 394 g/mol. The molecule has 1 atom stereocenters. The lowest BCUT2D eigenvalue weighted by Crippen LogP contribution is -2.23. The van der Waals surface area contributed by atoms with Gasteiger partial charge in [-0.1, -0.05) is 29.4 Å². The van der Waals surface area contributed by atoms with Crippen LogP contribution in [0.2, 0.25) is 5.02 Å². The van der Waals surface area contributed by atoms with E-state index in [1.807, 2.05) is 0 Å². The molecule has 2 aromatic carbocycles.